The Morgan fingerprint density at radius 3 is 1.25 bits per heavy atom. The average molecular weight is 486 g/mol. The Morgan fingerprint density at radius 1 is 0.611 bits per heavy atom. The third kappa shape index (κ3) is 8.03. The van der Waals surface area contributed by atoms with Gasteiger partial charge >= 0.3 is 0 Å². The molecule has 0 saturated heterocycles. The average Bonchev–Trinajstić information content (AvgIpc) is 2.89. The zero-order valence-electron chi connectivity index (χ0n) is 19.0. The summed E-state index contributed by atoms with van der Waals surface area (Å²) >= 11 is 0. The fourth-order valence-electron chi connectivity index (χ4n) is 3.03. The first kappa shape index (κ1) is 25.5. The molecule has 0 atom stereocenters. The first-order valence-electron chi connectivity index (χ1n) is 10.8. The molecule has 36 heavy (non-hydrogen) atoms. The molecule has 3 aromatic carbocycles. The van der Waals surface area contributed by atoms with E-state index < -0.39 is 9.85 Å². The Bertz CT molecular complexity index is 1200. The van der Waals surface area contributed by atoms with Crippen LogP contribution in [-0.2, 0) is 22.7 Å². The second-order valence-electron chi connectivity index (χ2n) is 7.62. The maximum Gasteiger partial charge on any atom is 0.269 e. The highest BCUT2D eigenvalue weighted by Gasteiger charge is 2.04. The molecule has 3 aromatic rings. The van der Waals surface area contributed by atoms with Gasteiger partial charge in [0.2, 0.25) is 11.8 Å². The molecule has 0 spiro atoms. The van der Waals surface area contributed by atoms with Crippen molar-refractivity contribution in [2.75, 3.05) is 0 Å². The highest BCUT2D eigenvalue weighted by atomic mass is 16.6. The maximum atomic E-state index is 12.0. The standard InChI is InChI=1S/C26H22N4O6/c31-25(15-9-19-5-11-23(12-6-19)29(33)34)27-17-21-1-2-22(4-3-21)18-28-26(32)16-10-20-7-13-24(14-8-20)30(35)36/h1-16H,17-18H2,(H,27,31)(H,28,32). The summed E-state index contributed by atoms with van der Waals surface area (Å²) in [6.07, 6.45) is 5.85. The fourth-order valence-corrected chi connectivity index (χ4v) is 3.03. The molecule has 0 fully saturated rings. The van der Waals surface area contributed by atoms with Crippen LogP contribution in [0.5, 0.6) is 0 Å². The molecular weight excluding hydrogens is 464 g/mol. The van der Waals surface area contributed by atoms with Crippen LogP contribution in [0, 0.1) is 20.2 Å². The smallest absolute Gasteiger partial charge is 0.269 e. The molecule has 0 bridgehead atoms. The molecule has 10 nitrogen and oxygen atoms in total. The van der Waals surface area contributed by atoms with Crippen molar-refractivity contribution in [3.63, 3.8) is 0 Å². The van der Waals surface area contributed by atoms with Crippen molar-refractivity contribution < 1.29 is 19.4 Å². The summed E-state index contributed by atoms with van der Waals surface area (Å²) in [5, 5.41) is 26.9. The number of non-ortho nitro benzene ring substituents is 2. The largest absolute Gasteiger partial charge is 0.348 e. The van der Waals surface area contributed by atoms with E-state index in [1.807, 2.05) is 24.3 Å². The van der Waals surface area contributed by atoms with Crippen LogP contribution in [0.25, 0.3) is 12.2 Å². The molecule has 0 aliphatic carbocycles. The Balaban J connectivity index is 1.41. The van der Waals surface area contributed by atoms with Gasteiger partial charge in [-0.05, 0) is 58.7 Å². The van der Waals surface area contributed by atoms with Gasteiger partial charge in [-0.1, -0.05) is 24.3 Å². The third-order valence-corrected chi connectivity index (χ3v) is 5.02. The van der Waals surface area contributed by atoms with Gasteiger partial charge in [0, 0.05) is 49.5 Å². The van der Waals surface area contributed by atoms with Gasteiger partial charge in [0.05, 0.1) is 9.85 Å². The van der Waals surface area contributed by atoms with Crippen LogP contribution in [-0.4, -0.2) is 21.7 Å². The summed E-state index contributed by atoms with van der Waals surface area (Å²) in [6.45, 7) is 0.627. The minimum atomic E-state index is -0.485. The number of carbonyl (C=O) groups is 2. The number of hydrogen-bond donors (Lipinski definition) is 2. The normalized spacial score (nSPS) is 10.9. The quantitative estimate of drug-likeness (QED) is 0.250. The number of nitro groups is 2. The monoisotopic (exact) mass is 486 g/mol. The zero-order valence-corrected chi connectivity index (χ0v) is 19.0. The Morgan fingerprint density at radius 2 is 0.944 bits per heavy atom. The molecule has 10 heteroatoms. The van der Waals surface area contributed by atoms with E-state index in [0.29, 0.717) is 24.2 Å². The lowest BCUT2D eigenvalue weighted by atomic mass is 10.1. The van der Waals surface area contributed by atoms with Crippen LogP contribution >= 0.6 is 0 Å². The lowest BCUT2D eigenvalue weighted by Crippen LogP contribution is -2.21. The SMILES string of the molecule is O=C(C=Cc1ccc([N+](=O)[O-])cc1)NCc1ccc(CNC(=O)C=Cc2ccc([N+](=O)[O-])cc2)cc1. The van der Waals surface area contributed by atoms with Crippen molar-refractivity contribution in [3.05, 3.63) is 127 Å². The van der Waals surface area contributed by atoms with Crippen molar-refractivity contribution >= 4 is 35.3 Å². The number of hydrogen-bond acceptors (Lipinski definition) is 6. The first-order valence-corrected chi connectivity index (χ1v) is 10.8. The summed E-state index contributed by atoms with van der Waals surface area (Å²) in [5.74, 6) is -0.603. The second-order valence-corrected chi connectivity index (χ2v) is 7.62. The molecular formula is C26H22N4O6. The predicted molar refractivity (Wildman–Crippen MR) is 134 cm³/mol. The Labute approximate surface area is 206 Å². The number of nitrogens with zero attached hydrogens (tertiary/aromatic N) is 2. The van der Waals surface area contributed by atoms with Gasteiger partial charge in [-0.3, -0.25) is 29.8 Å². The highest BCUT2D eigenvalue weighted by molar-refractivity contribution is 5.92. The van der Waals surface area contributed by atoms with E-state index in [2.05, 4.69) is 10.6 Å². The van der Waals surface area contributed by atoms with E-state index in [-0.39, 0.29) is 23.2 Å². The fraction of sp³-hybridized carbons (Fsp3) is 0.0769. The van der Waals surface area contributed by atoms with Gasteiger partial charge in [-0.25, -0.2) is 0 Å². The van der Waals surface area contributed by atoms with Gasteiger partial charge < -0.3 is 10.6 Å². The molecule has 0 radical (unpaired) electrons. The highest BCUT2D eigenvalue weighted by Crippen LogP contribution is 2.14. The molecule has 3 rings (SSSR count). The number of nitro benzene ring substituents is 2. The predicted octanol–water partition coefficient (Wildman–Crippen LogP) is 4.16. The molecule has 182 valence electrons. The van der Waals surface area contributed by atoms with Crippen molar-refractivity contribution in [1.82, 2.24) is 10.6 Å². The number of benzene rings is 3. The topological polar surface area (TPSA) is 144 Å². The van der Waals surface area contributed by atoms with Crippen molar-refractivity contribution in [2.45, 2.75) is 13.1 Å². The van der Waals surface area contributed by atoms with Crippen LogP contribution in [0.2, 0.25) is 0 Å². The second kappa shape index (κ2) is 12.4. The summed E-state index contributed by atoms with van der Waals surface area (Å²) < 4.78 is 0. The van der Waals surface area contributed by atoms with Gasteiger partial charge in [0.25, 0.3) is 11.4 Å². The molecule has 2 amide bonds. The summed E-state index contributed by atoms with van der Waals surface area (Å²) in [6, 6.07) is 19.1. The van der Waals surface area contributed by atoms with Crippen LogP contribution in [0.15, 0.2) is 84.9 Å². The van der Waals surface area contributed by atoms with E-state index in [9.17, 15) is 29.8 Å². The molecule has 0 saturated carbocycles. The van der Waals surface area contributed by atoms with Crippen molar-refractivity contribution in [2.24, 2.45) is 0 Å². The molecule has 0 aliphatic heterocycles. The van der Waals surface area contributed by atoms with Crippen LogP contribution in [0.4, 0.5) is 11.4 Å². The van der Waals surface area contributed by atoms with E-state index in [1.165, 1.54) is 36.4 Å². The van der Waals surface area contributed by atoms with Crippen LogP contribution in [0.3, 0.4) is 0 Å². The number of carbonyl (C=O) groups excluding carboxylic acids is 2. The van der Waals surface area contributed by atoms with Crippen LogP contribution in [0.1, 0.15) is 22.3 Å². The number of nitrogens with one attached hydrogen (secondary N) is 2. The first-order chi connectivity index (χ1) is 17.3. The minimum absolute atomic E-state index is 0.0154. The summed E-state index contributed by atoms with van der Waals surface area (Å²) in [7, 11) is 0. The molecule has 0 aliphatic rings. The van der Waals surface area contributed by atoms with E-state index in [1.54, 1.807) is 36.4 Å². The van der Waals surface area contributed by atoms with E-state index in [4.69, 9.17) is 0 Å². The van der Waals surface area contributed by atoms with Crippen molar-refractivity contribution in [3.8, 4) is 0 Å². The van der Waals surface area contributed by atoms with Crippen LogP contribution < -0.4 is 10.6 Å². The molecule has 2 N–H and O–H groups in total. The molecule has 0 heterocycles. The van der Waals surface area contributed by atoms with E-state index in [0.717, 1.165) is 11.1 Å². The third-order valence-electron chi connectivity index (χ3n) is 5.02. The van der Waals surface area contributed by atoms with Gasteiger partial charge in [0.15, 0.2) is 0 Å². The van der Waals surface area contributed by atoms with Crippen molar-refractivity contribution in [1.29, 1.82) is 0 Å². The van der Waals surface area contributed by atoms with Gasteiger partial charge in [0.1, 0.15) is 0 Å². The molecule has 0 aromatic heterocycles. The van der Waals surface area contributed by atoms with Gasteiger partial charge in [-0.2, -0.15) is 0 Å². The Hall–Kier alpha value is -5.12. The maximum absolute atomic E-state index is 12.0. The lowest BCUT2D eigenvalue weighted by molar-refractivity contribution is -0.385. The molecule has 0 unspecified atom stereocenters. The number of amides is 2. The summed E-state index contributed by atoms with van der Waals surface area (Å²) in [5.41, 5.74) is 3.06. The summed E-state index contributed by atoms with van der Waals surface area (Å²) in [4.78, 5) is 44.4. The van der Waals surface area contributed by atoms with E-state index >= 15 is 0 Å². The Kier molecular flexibility index (Phi) is 8.76. The zero-order chi connectivity index (χ0) is 25.9. The minimum Gasteiger partial charge on any atom is -0.348 e. The van der Waals surface area contributed by atoms with Gasteiger partial charge in [-0.15, -0.1) is 0 Å². The number of rotatable bonds is 10. The lowest BCUT2D eigenvalue weighted by Gasteiger charge is -2.06.